The second kappa shape index (κ2) is 8.09. The van der Waals surface area contributed by atoms with Crippen LogP contribution in [0.3, 0.4) is 0 Å². The van der Waals surface area contributed by atoms with Crippen LogP contribution in [0, 0.1) is 5.92 Å². The summed E-state index contributed by atoms with van der Waals surface area (Å²) in [7, 11) is 0. The lowest BCUT2D eigenvalue weighted by atomic mass is 9.89. The molecule has 3 aliphatic rings. The largest absolute Gasteiger partial charge is 0.354 e. The lowest BCUT2D eigenvalue weighted by molar-refractivity contribution is -0.125. The Morgan fingerprint density at radius 1 is 1.19 bits per heavy atom. The molecule has 1 saturated heterocycles. The molecule has 0 radical (unpaired) electrons. The predicted molar refractivity (Wildman–Crippen MR) is 103 cm³/mol. The number of nitrogens with zero attached hydrogens (tertiary/aromatic N) is 1. The van der Waals surface area contributed by atoms with Gasteiger partial charge < -0.3 is 15.5 Å². The summed E-state index contributed by atoms with van der Waals surface area (Å²) in [5.41, 5.74) is 1.25. The van der Waals surface area contributed by atoms with Crippen LogP contribution in [0.2, 0.25) is 0 Å². The third-order valence-corrected chi connectivity index (χ3v) is 7.28. The average molecular weight is 376 g/mol. The zero-order valence-corrected chi connectivity index (χ0v) is 16.2. The SMILES string of the molecule is O=C(NCC1CCCCC1)C1CCCN1C(=O)c1cc2c(s1)CCNC2. The molecule has 4 rings (SSSR count). The van der Waals surface area contributed by atoms with Crippen molar-refractivity contribution in [3.8, 4) is 0 Å². The second-order valence-corrected chi connectivity index (χ2v) is 9.03. The highest BCUT2D eigenvalue weighted by Crippen LogP contribution is 2.29. The number of likely N-dealkylation sites (tertiary alicyclic amines) is 1. The van der Waals surface area contributed by atoms with Gasteiger partial charge in [0.05, 0.1) is 4.88 Å². The van der Waals surface area contributed by atoms with Crippen molar-refractivity contribution >= 4 is 23.2 Å². The maximum absolute atomic E-state index is 13.0. The summed E-state index contributed by atoms with van der Waals surface area (Å²) in [6.45, 7) is 3.30. The molecule has 0 aromatic carbocycles. The van der Waals surface area contributed by atoms with Crippen molar-refractivity contribution in [3.05, 3.63) is 21.4 Å². The zero-order chi connectivity index (χ0) is 17.9. The predicted octanol–water partition coefficient (Wildman–Crippen LogP) is 2.69. The minimum Gasteiger partial charge on any atom is -0.354 e. The molecule has 1 aliphatic carbocycles. The van der Waals surface area contributed by atoms with E-state index in [4.69, 9.17) is 0 Å². The Hall–Kier alpha value is -1.40. The van der Waals surface area contributed by atoms with Gasteiger partial charge in [-0.05, 0) is 49.7 Å². The van der Waals surface area contributed by atoms with Crippen LogP contribution in [0.25, 0.3) is 0 Å². The quantitative estimate of drug-likeness (QED) is 0.851. The minimum atomic E-state index is -0.289. The number of hydrogen-bond donors (Lipinski definition) is 2. The van der Waals surface area contributed by atoms with Gasteiger partial charge in [-0.15, -0.1) is 11.3 Å². The van der Waals surface area contributed by atoms with E-state index in [0.717, 1.165) is 43.8 Å². The van der Waals surface area contributed by atoms with Crippen molar-refractivity contribution in [2.45, 2.75) is 64.0 Å². The third-order valence-electron chi connectivity index (χ3n) is 6.06. The summed E-state index contributed by atoms with van der Waals surface area (Å²) in [6, 6.07) is 1.74. The van der Waals surface area contributed by atoms with E-state index in [-0.39, 0.29) is 17.9 Å². The van der Waals surface area contributed by atoms with Gasteiger partial charge >= 0.3 is 0 Å². The number of carbonyl (C=O) groups excluding carboxylic acids is 2. The first-order chi connectivity index (χ1) is 12.7. The fraction of sp³-hybridized carbons (Fsp3) is 0.700. The van der Waals surface area contributed by atoms with Crippen LogP contribution in [0.15, 0.2) is 6.07 Å². The number of thiophene rings is 1. The van der Waals surface area contributed by atoms with Crippen molar-refractivity contribution in [1.82, 2.24) is 15.5 Å². The Labute approximate surface area is 159 Å². The van der Waals surface area contributed by atoms with Gasteiger partial charge in [0, 0.05) is 31.1 Å². The fourth-order valence-corrected chi connectivity index (χ4v) is 5.67. The second-order valence-electron chi connectivity index (χ2n) is 7.89. The van der Waals surface area contributed by atoms with Gasteiger partial charge in [-0.2, -0.15) is 0 Å². The average Bonchev–Trinajstić information content (AvgIpc) is 3.33. The van der Waals surface area contributed by atoms with Gasteiger partial charge in [0.1, 0.15) is 6.04 Å². The fourth-order valence-electron chi connectivity index (χ4n) is 4.54. The molecular formula is C20H29N3O2S. The molecule has 1 aromatic heterocycles. The molecular weight excluding hydrogens is 346 g/mol. The summed E-state index contributed by atoms with van der Waals surface area (Å²) in [5.74, 6) is 0.707. The van der Waals surface area contributed by atoms with Crippen LogP contribution < -0.4 is 10.6 Å². The number of rotatable bonds is 4. The number of nitrogens with one attached hydrogen (secondary N) is 2. The van der Waals surface area contributed by atoms with E-state index in [9.17, 15) is 9.59 Å². The van der Waals surface area contributed by atoms with E-state index in [2.05, 4.69) is 10.6 Å². The molecule has 6 heteroatoms. The first-order valence-corrected chi connectivity index (χ1v) is 10.9. The van der Waals surface area contributed by atoms with E-state index in [1.165, 1.54) is 42.5 Å². The van der Waals surface area contributed by atoms with Gasteiger partial charge in [-0.3, -0.25) is 9.59 Å². The van der Waals surface area contributed by atoms with Gasteiger partial charge in [-0.25, -0.2) is 0 Å². The maximum atomic E-state index is 13.0. The van der Waals surface area contributed by atoms with E-state index >= 15 is 0 Å². The number of fused-ring (bicyclic) bond motifs is 1. The molecule has 5 nitrogen and oxygen atoms in total. The number of carbonyl (C=O) groups is 2. The van der Waals surface area contributed by atoms with Crippen LogP contribution in [0.4, 0.5) is 0 Å². The van der Waals surface area contributed by atoms with E-state index in [0.29, 0.717) is 12.5 Å². The summed E-state index contributed by atoms with van der Waals surface area (Å²) in [6.07, 6.45) is 9.05. The van der Waals surface area contributed by atoms with Gasteiger partial charge in [0.15, 0.2) is 0 Å². The first kappa shape index (κ1) is 18.0. The normalized spacial score (nSPS) is 23.7. The summed E-state index contributed by atoms with van der Waals surface area (Å²) < 4.78 is 0. The zero-order valence-electron chi connectivity index (χ0n) is 15.4. The third kappa shape index (κ3) is 3.81. The summed E-state index contributed by atoms with van der Waals surface area (Å²) in [4.78, 5) is 29.7. The van der Waals surface area contributed by atoms with Crippen LogP contribution in [0.1, 0.15) is 65.1 Å². The number of hydrogen-bond acceptors (Lipinski definition) is 4. The molecule has 26 heavy (non-hydrogen) atoms. The molecule has 3 heterocycles. The van der Waals surface area contributed by atoms with E-state index < -0.39 is 0 Å². The molecule has 2 aliphatic heterocycles. The molecule has 1 unspecified atom stereocenters. The molecule has 0 spiro atoms. The molecule has 2 N–H and O–H groups in total. The Kier molecular flexibility index (Phi) is 5.60. The maximum Gasteiger partial charge on any atom is 0.264 e. The van der Waals surface area contributed by atoms with Gasteiger partial charge in [0.2, 0.25) is 5.91 Å². The van der Waals surface area contributed by atoms with Gasteiger partial charge in [-0.1, -0.05) is 19.3 Å². The Morgan fingerprint density at radius 2 is 2.04 bits per heavy atom. The summed E-state index contributed by atoms with van der Waals surface area (Å²) in [5, 5.41) is 6.50. The topological polar surface area (TPSA) is 61.4 Å². The highest BCUT2D eigenvalue weighted by Gasteiger charge is 2.35. The van der Waals surface area contributed by atoms with Crippen LogP contribution in [-0.4, -0.2) is 42.4 Å². The molecule has 1 aromatic rings. The van der Waals surface area contributed by atoms with Gasteiger partial charge in [0.25, 0.3) is 5.91 Å². The van der Waals surface area contributed by atoms with Crippen molar-refractivity contribution in [3.63, 3.8) is 0 Å². The lowest BCUT2D eigenvalue weighted by Crippen LogP contribution is -2.46. The Morgan fingerprint density at radius 3 is 2.85 bits per heavy atom. The minimum absolute atomic E-state index is 0.0414. The van der Waals surface area contributed by atoms with E-state index in [1.807, 2.05) is 6.07 Å². The smallest absolute Gasteiger partial charge is 0.264 e. The van der Waals surface area contributed by atoms with Crippen molar-refractivity contribution in [2.24, 2.45) is 5.92 Å². The van der Waals surface area contributed by atoms with Crippen LogP contribution in [-0.2, 0) is 17.8 Å². The van der Waals surface area contributed by atoms with E-state index in [1.54, 1.807) is 16.2 Å². The molecule has 2 fully saturated rings. The monoisotopic (exact) mass is 375 g/mol. The van der Waals surface area contributed by atoms with Crippen LogP contribution in [0.5, 0.6) is 0 Å². The molecule has 142 valence electrons. The van der Waals surface area contributed by atoms with Crippen molar-refractivity contribution in [1.29, 1.82) is 0 Å². The number of amides is 2. The first-order valence-electron chi connectivity index (χ1n) is 10.1. The summed E-state index contributed by atoms with van der Waals surface area (Å²) >= 11 is 1.62. The van der Waals surface area contributed by atoms with Crippen molar-refractivity contribution in [2.75, 3.05) is 19.6 Å². The molecule has 0 bridgehead atoms. The Balaban J connectivity index is 1.38. The molecule has 2 amide bonds. The lowest BCUT2D eigenvalue weighted by Gasteiger charge is -2.26. The van der Waals surface area contributed by atoms with Crippen LogP contribution >= 0.6 is 11.3 Å². The highest BCUT2D eigenvalue weighted by molar-refractivity contribution is 7.14. The highest BCUT2D eigenvalue weighted by atomic mass is 32.1. The standard InChI is InChI=1S/C20H29N3O2S/c24-19(22-12-14-5-2-1-3-6-14)16-7-4-10-23(16)20(25)18-11-15-13-21-9-8-17(15)26-18/h11,14,16,21H,1-10,12-13H2,(H,22,24). The Bertz CT molecular complexity index is 643. The van der Waals surface area contributed by atoms with Crippen molar-refractivity contribution < 1.29 is 9.59 Å². The molecule has 1 saturated carbocycles. The molecule has 1 atom stereocenters.